The first-order valence-corrected chi connectivity index (χ1v) is 34.3. The monoisotopic (exact) mass is 2050 g/mol. The molecule has 102 heavy (non-hydrogen) atoms. The first-order chi connectivity index (χ1) is 48.3. The van der Waals surface area contributed by atoms with Crippen LogP contribution in [0.2, 0.25) is 0 Å². The van der Waals surface area contributed by atoms with E-state index in [-0.39, 0.29) is 80.4 Å². The standard InChI is InChI=1S/C23H20N3.C22H24N3.C21H16N3.C20H20N3.4Ir/c1-17-10-9-11-18(2)21(17)16-22-24-25-23(19-12-5-3-6-13-19)26(22)20-14-7-4-8-15-20;1-16-10-9-11-17(2)20(16)22-24-23-21(18-12-5-3-6-13-18)25(22)19-14-7-4-8-15-19;1-4-10-17(11-5-1)16-20-22-23-21(18-12-6-2-7-13-18)24(20)19-14-8-3-9-15-19;1-4-10-16(11-5-1)19-21-22-20(17-12-6-2-7-13-17)23(19)18-14-8-3-9-15-18;;;;/h3-12,14-15H,16H2,1-2H3;3-8,12,14-17,20H,9-11H2,1-2H3;1-12,14-15H,16H2;1,3-5,8-10,14-15,17H,2,6-7,12-13H2;;;;/q4*-1;;;;. The molecule has 0 saturated heterocycles. The van der Waals surface area contributed by atoms with Gasteiger partial charge in [-0.05, 0) is 122 Å². The summed E-state index contributed by atoms with van der Waals surface area (Å²) < 4.78 is 8.72. The number of aromatic nitrogens is 12. The van der Waals surface area contributed by atoms with Crippen LogP contribution in [0.5, 0.6) is 0 Å². The second-order valence-corrected chi connectivity index (χ2v) is 25.4. The van der Waals surface area contributed by atoms with Crippen molar-refractivity contribution in [2.75, 3.05) is 0 Å². The van der Waals surface area contributed by atoms with Crippen molar-refractivity contribution in [2.24, 2.45) is 11.8 Å². The van der Waals surface area contributed by atoms with Gasteiger partial charge < -0.3 is 18.3 Å². The molecule has 0 amide bonds. The van der Waals surface area contributed by atoms with Gasteiger partial charge in [-0.15, -0.1) is 164 Å². The van der Waals surface area contributed by atoms with Crippen LogP contribution in [0, 0.1) is 49.9 Å². The third-order valence-corrected chi connectivity index (χ3v) is 18.7. The van der Waals surface area contributed by atoms with Crippen LogP contribution in [0.3, 0.4) is 0 Å². The van der Waals surface area contributed by atoms with E-state index in [1.54, 1.807) is 0 Å². The number of hydrogen-bond acceptors (Lipinski definition) is 8. The van der Waals surface area contributed by atoms with Crippen molar-refractivity contribution < 1.29 is 80.4 Å². The Morgan fingerprint density at radius 3 is 1.04 bits per heavy atom. The van der Waals surface area contributed by atoms with E-state index in [9.17, 15) is 0 Å². The molecule has 10 aromatic carbocycles. The van der Waals surface area contributed by atoms with Gasteiger partial charge in [-0.1, -0.05) is 161 Å². The van der Waals surface area contributed by atoms with E-state index in [0.29, 0.717) is 23.7 Å². The molecule has 4 heterocycles. The van der Waals surface area contributed by atoms with Crippen molar-refractivity contribution in [3.05, 3.63) is 337 Å². The Bertz CT molecular complexity index is 4720. The van der Waals surface area contributed by atoms with E-state index in [0.717, 1.165) is 104 Å². The Hall–Kier alpha value is -8.64. The Morgan fingerprint density at radius 2 is 0.647 bits per heavy atom. The number of aryl methyl sites for hydroxylation is 2. The van der Waals surface area contributed by atoms with Gasteiger partial charge in [-0.2, -0.15) is 20.4 Å². The fourth-order valence-electron chi connectivity index (χ4n) is 13.7. The second kappa shape index (κ2) is 38.6. The summed E-state index contributed by atoms with van der Waals surface area (Å²) in [6.07, 6.45) is 11.7. The minimum atomic E-state index is 0. The van der Waals surface area contributed by atoms with Gasteiger partial charge >= 0.3 is 0 Å². The number of para-hydroxylation sites is 4. The smallest absolute Gasteiger partial charge is 0.132 e. The van der Waals surface area contributed by atoms with E-state index in [1.165, 1.54) is 73.6 Å². The van der Waals surface area contributed by atoms with Crippen molar-refractivity contribution in [2.45, 2.75) is 104 Å². The van der Waals surface area contributed by atoms with Crippen molar-refractivity contribution in [1.29, 1.82) is 0 Å². The SMILES string of the molecule is CC1CCCC(C)C1c1nnc(-c2[c-]cccc2)n1-c1ccccc1.Cc1cccc(C)c1Cc1nnc(-c2[c-]cccc2)n1-c1ccccc1.[Ir].[Ir].[Ir].[Ir].[c-]1ccccc1-c1nnc(C2CCCCC2)n1-c1ccccc1.[c-]1ccccc1-c1nnc(Cc2ccccc2)n1-c1ccccc1. The molecule has 4 aromatic heterocycles. The molecule has 16 rings (SSSR count). The molecule has 0 bridgehead atoms. The Labute approximate surface area is 654 Å². The zero-order valence-electron chi connectivity index (χ0n) is 57.5. The fraction of sp³-hybridized carbons (Fsp3) is 0.209. The maximum atomic E-state index is 4.69. The molecule has 12 nitrogen and oxygen atoms in total. The molecule has 0 spiro atoms. The molecule has 524 valence electrons. The van der Waals surface area contributed by atoms with Crippen LogP contribution in [0.25, 0.3) is 68.3 Å². The van der Waals surface area contributed by atoms with Crippen LogP contribution in [0.1, 0.15) is 123 Å². The summed E-state index contributed by atoms with van der Waals surface area (Å²) in [5.74, 6) is 9.65. The van der Waals surface area contributed by atoms with Gasteiger partial charge in [0.15, 0.2) is 0 Å². The van der Waals surface area contributed by atoms with E-state index < -0.39 is 0 Å². The summed E-state index contributed by atoms with van der Waals surface area (Å²) in [5, 5.41) is 36.3. The van der Waals surface area contributed by atoms with Crippen LogP contribution in [0.15, 0.2) is 267 Å². The molecular weight excluding hydrogens is 1970 g/mol. The van der Waals surface area contributed by atoms with Crippen LogP contribution >= 0.6 is 0 Å². The van der Waals surface area contributed by atoms with Gasteiger partial charge in [0.05, 0.1) is 23.3 Å². The van der Waals surface area contributed by atoms with Crippen molar-refractivity contribution in [1.82, 2.24) is 59.1 Å². The zero-order chi connectivity index (χ0) is 66.8. The number of rotatable bonds is 14. The van der Waals surface area contributed by atoms with Gasteiger partial charge in [0.2, 0.25) is 0 Å². The van der Waals surface area contributed by atoms with Crippen LogP contribution in [-0.4, -0.2) is 59.1 Å². The largest absolute Gasteiger partial charge is 0.320 e. The molecule has 2 fully saturated rings. The van der Waals surface area contributed by atoms with E-state index in [4.69, 9.17) is 0 Å². The molecule has 2 saturated carbocycles. The van der Waals surface area contributed by atoms with Crippen molar-refractivity contribution in [3.8, 4) is 68.3 Å². The summed E-state index contributed by atoms with van der Waals surface area (Å²) in [6.45, 7) is 9.02. The van der Waals surface area contributed by atoms with Gasteiger partial charge in [-0.3, -0.25) is 0 Å². The Balaban J connectivity index is 0.000000156. The van der Waals surface area contributed by atoms with Crippen molar-refractivity contribution in [3.63, 3.8) is 0 Å². The average molecular weight is 2050 g/mol. The first kappa shape index (κ1) is 77.5. The molecule has 0 N–H and O–H groups in total. The summed E-state index contributed by atoms with van der Waals surface area (Å²) in [6, 6.07) is 103. The molecule has 2 aliphatic carbocycles. The molecule has 14 aromatic rings. The Kier molecular flexibility index (Phi) is 29.3. The van der Waals surface area contributed by atoms with E-state index in [2.05, 4.69) is 220 Å². The third-order valence-electron chi connectivity index (χ3n) is 18.7. The number of hydrogen-bond donors (Lipinski definition) is 0. The normalized spacial score (nSPS) is 14.6. The fourth-order valence-corrected chi connectivity index (χ4v) is 13.7. The maximum Gasteiger partial charge on any atom is 0.132 e. The quantitative estimate of drug-likeness (QED) is 0.0987. The van der Waals surface area contributed by atoms with Gasteiger partial charge in [0, 0.05) is 128 Å². The van der Waals surface area contributed by atoms with Gasteiger partial charge in [-0.25, -0.2) is 0 Å². The topological polar surface area (TPSA) is 123 Å². The minimum absolute atomic E-state index is 0. The number of benzene rings is 10. The maximum absolute atomic E-state index is 4.69. The predicted octanol–water partition coefficient (Wildman–Crippen LogP) is 19.3. The Morgan fingerprint density at radius 1 is 0.314 bits per heavy atom. The molecular formula is C86H80Ir4N12-4. The molecule has 2 unspecified atom stereocenters. The molecule has 2 atom stereocenters. The van der Waals surface area contributed by atoms with Crippen LogP contribution in [0.4, 0.5) is 0 Å². The number of nitrogens with zero attached hydrogens (tertiary/aromatic N) is 12. The summed E-state index contributed by atoms with van der Waals surface area (Å²) >= 11 is 0. The summed E-state index contributed by atoms with van der Waals surface area (Å²) in [4.78, 5) is 0. The summed E-state index contributed by atoms with van der Waals surface area (Å²) in [7, 11) is 0. The molecule has 2 aliphatic rings. The first-order valence-electron chi connectivity index (χ1n) is 34.3. The van der Waals surface area contributed by atoms with E-state index in [1.807, 2.05) is 158 Å². The summed E-state index contributed by atoms with van der Waals surface area (Å²) in [5.41, 5.74) is 13.3. The van der Waals surface area contributed by atoms with Gasteiger partial charge in [0.25, 0.3) is 0 Å². The molecule has 4 radical (unpaired) electrons. The second-order valence-electron chi connectivity index (χ2n) is 25.4. The minimum Gasteiger partial charge on any atom is -0.320 e. The van der Waals surface area contributed by atoms with Crippen LogP contribution in [-0.2, 0) is 93.3 Å². The van der Waals surface area contributed by atoms with Crippen molar-refractivity contribution >= 4 is 0 Å². The zero-order valence-corrected chi connectivity index (χ0v) is 67.1. The predicted molar refractivity (Wildman–Crippen MR) is 391 cm³/mol. The molecule has 0 aliphatic heterocycles. The average Bonchev–Trinajstić information content (AvgIpc) is 1.61. The third kappa shape index (κ3) is 18.8. The van der Waals surface area contributed by atoms with Gasteiger partial charge in [0.1, 0.15) is 23.3 Å². The van der Waals surface area contributed by atoms with E-state index >= 15 is 0 Å². The molecule has 16 heteroatoms. The van der Waals surface area contributed by atoms with Crippen LogP contribution < -0.4 is 0 Å².